The third-order valence-corrected chi connectivity index (χ3v) is 2.85. The maximum Gasteiger partial charge on any atom is 0.118 e. The second kappa shape index (κ2) is 8.91. The van der Waals surface area contributed by atoms with Gasteiger partial charge in [0.05, 0.1) is 13.7 Å². The molecule has 1 aromatic carbocycles. The normalized spacial score (nSPS) is 10.9. The molecule has 0 aromatic heterocycles. The van der Waals surface area contributed by atoms with Crippen molar-refractivity contribution < 1.29 is 19.7 Å². The summed E-state index contributed by atoms with van der Waals surface area (Å²) in [4.78, 5) is 0. The van der Waals surface area contributed by atoms with E-state index < -0.39 is 0 Å². The Labute approximate surface area is 108 Å². The maximum atomic E-state index is 8.90. The fraction of sp³-hybridized carbons (Fsp3) is 0.571. The first-order valence-corrected chi connectivity index (χ1v) is 6.22. The minimum Gasteiger partial charge on any atom is -0.497 e. The van der Waals surface area contributed by atoms with Gasteiger partial charge in [-0.25, -0.2) is 0 Å². The third-order valence-electron chi connectivity index (χ3n) is 2.85. The van der Waals surface area contributed by atoms with E-state index in [1.807, 2.05) is 24.3 Å². The topological polar surface area (TPSA) is 58.9 Å². The zero-order valence-electron chi connectivity index (χ0n) is 10.8. The Morgan fingerprint density at radius 2 is 1.78 bits per heavy atom. The highest BCUT2D eigenvalue weighted by Crippen LogP contribution is 2.12. The van der Waals surface area contributed by atoms with Gasteiger partial charge in [0.2, 0.25) is 0 Å². The molecule has 0 atom stereocenters. The lowest BCUT2D eigenvalue weighted by atomic mass is 10.1. The average molecular weight is 254 g/mol. The maximum absolute atomic E-state index is 8.90. The van der Waals surface area contributed by atoms with Crippen LogP contribution in [0.4, 0.5) is 0 Å². The smallest absolute Gasteiger partial charge is 0.118 e. The molecule has 1 aromatic rings. The van der Waals surface area contributed by atoms with E-state index in [1.165, 1.54) is 0 Å². The van der Waals surface area contributed by atoms with Gasteiger partial charge in [-0.3, -0.25) is 0 Å². The predicted octanol–water partition coefficient (Wildman–Crippen LogP) is 1.59. The van der Waals surface area contributed by atoms with E-state index in [4.69, 9.17) is 19.7 Å². The fourth-order valence-electron chi connectivity index (χ4n) is 1.63. The molecule has 4 heteroatoms. The Hall–Kier alpha value is -1.10. The summed E-state index contributed by atoms with van der Waals surface area (Å²) in [6.07, 6.45) is 1.64. The molecule has 1 rings (SSSR count). The number of benzene rings is 1. The third kappa shape index (κ3) is 5.49. The Morgan fingerprint density at radius 1 is 1.11 bits per heavy atom. The zero-order valence-corrected chi connectivity index (χ0v) is 10.8. The van der Waals surface area contributed by atoms with Gasteiger partial charge >= 0.3 is 0 Å². The van der Waals surface area contributed by atoms with E-state index in [1.54, 1.807) is 7.11 Å². The number of hydrogen-bond acceptors (Lipinski definition) is 4. The Bertz CT molecular complexity index is 306. The molecule has 0 fully saturated rings. The lowest BCUT2D eigenvalue weighted by Crippen LogP contribution is -2.11. The van der Waals surface area contributed by atoms with Crippen LogP contribution in [0.1, 0.15) is 18.4 Å². The summed E-state index contributed by atoms with van der Waals surface area (Å²) in [5.41, 5.74) is 1.11. The van der Waals surface area contributed by atoms with Crippen molar-refractivity contribution in [3.63, 3.8) is 0 Å². The molecule has 0 radical (unpaired) electrons. The molecule has 102 valence electrons. The van der Waals surface area contributed by atoms with Crippen molar-refractivity contribution >= 4 is 0 Å². The van der Waals surface area contributed by atoms with E-state index in [0.29, 0.717) is 13.2 Å². The first-order chi connectivity index (χ1) is 8.80. The van der Waals surface area contributed by atoms with Crippen molar-refractivity contribution in [2.45, 2.75) is 19.4 Å². The number of rotatable bonds is 9. The minimum absolute atomic E-state index is 0.0189. The molecular weight excluding hydrogens is 232 g/mol. The van der Waals surface area contributed by atoms with Crippen LogP contribution >= 0.6 is 0 Å². The van der Waals surface area contributed by atoms with Crippen LogP contribution in [-0.2, 0) is 11.3 Å². The van der Waals surface area contributed by atoms with Crippen LogP contribution in [0.15, 0.2) is 24.3 Å². The van der Waals surface area contributed by atoms with E-state index in [9.17, 15) is 0 Å². The van der Waals surface area contributed by atoms with Crippen LogP contribution in [0.25, 0.3) is 0 Å². The highest BCUT2D eigenvalue weighted by atomic mass is 16.5. The number of methoxy groups -OCH3 is 1. The molecule has 2 N–H and O–H groups in total. The van der Waals surface area contributed by atoms with Crippen LogP contribution in [0.3, 0.4) is 0 Å². The van der Waals surface area contributed by atoms with Gasteiger partial charge in [0.25, 0.3) is 0 Å². The van der Waals surface area contributed by atoms with Crippen molar-refractivity contribution in [1.29, 1.82) is 0 Å². The molecule has 0 bridgehead atoms. The summed E-state index contributed by atoms with van der Waals surface area (Å²) in [5, 5.41) is 17.8. The SMILES string of the molecule is COc1ccc(COCCCC(CO)CO)cc1. The second-order valence-electron chi connectivity index (χ2n) is 4.27. The predicted molar refractivity (Wildman–Crippen MR) is 69.5 cm³/mol. The molecule has 4 nitrogen and oxygen atoms in total. The summed E-state index contributed by atoms with van der Waals surface area (Å²) < 4.78 is 10.6. The molecule has 0 unspecified atom stereocenters. The van der Waals surface area contributed by atoms with Crippen LogP contribution in [-0.4, -0.2) is 37.1 Å². The summed E-state index contributed by atoms with van der Waals surface area (Å²) >= 11 is 0. The largest absolute Gasteiger partial charge is 0.497 e. The van der Waals surface area contributed by atoms with Crippen molar-refractivity contribution in [3.05, 3.63) is 29.8 Å². The second-order valence-corrected chi connectivity index (χ2v) is 4.27. The van der Waals surface area contributed by atoms with Gasteiger partial charge in [-0.1, -0.05) is 12.1 Å². The van der Waals surface area contributed by atoms with Crippen molar-refractivity contribution in [2.24, 2.45) is 5.92 Å². The van der Waals surface area contributed by atoms with E-state index in [-0.39, 0.29) is 19.1 Å². The van der Waals surface area contributed by atoms with Gasteiger partial charge in [-0.05, 0) is 30.5 Å². The summed E-state index contributed by atoms with van der Waals surface area (Å²) in [6.45, 7) is 1.29. The minimum atomic E-state index is -0.0189. The van der Waals surface area contributed by atoms with Gasteiger partial charge in [-0.15, -0.1) is 0 Å². The van der Waals surface area contributed by atoms with Crippen molar-refractivity contribution in [2.75, 3.05) is 26.9 Å². The summed E-state index contributed by atoms with van der Waals surface area (Å²) in [6, 6.07) is 7.77. The van der Waals surface area contributed by atoms with Crippen LogP contribution in [0, 0.1) is 5.92 Å². The molecule has 0 saturated heterocycles. The van der Waals surface area contributed by atoms with Crippen molar-refractivity contribution in [3.8, 4) is 5.75 Å². The van der Waals surface area contributed by atoms with Crippen LogP contribution in [0.5, 0.6) is 5.75 Å². The molecule has 0 aliphatic rings. The Kier molecular flexibility index (Phi) is 7.41. The van der Waals surface area contributed by atoms with Crippen molar-refractivity contribution in [1.82, 2.24) is 0 Å². The standard InChI is InChI=1S/C14H22O4/c1-17-14-6-4-12(5-7-14)11-18-8-2-3-13(9-15)10-16/h4-7,13,15-16H,2-3,8-11H2,1H3. The molecule has 0 aliphatic heterocycles. The number of hydrogen-bond donors (Lipinski definition) is 2. The Morgan fingerprint density at radius 3 is 2.33 bits per heavy atom. The first-order valence-electron chi connectivity index (χ1n) is 6.22. The number of aliphatic hydroxyl groups is 2. The molecule has 0 heterocycles. The summed E-state index contributed by atoms with van der Waals surface area (Å²) in [5.74, 6) is 0.821. The highest BCUT2D eigenvalue weighted by molar-refractivity contribution is 5.26. The van der Waals surface area contributed by atoms with Gasteiger partial charge in [0.1, 0.15) is 5.75 Å². The molecule has 18 heavy (non-hydrogen) atoms. The highest BCUT2D eigenvalue weighted by Gasteiger charge is 2.04. The average Bonchev–Trinajstić information content (AvgIpc) is 2.43. The van der Waals surface area contributed by atoms with E-state index in [0.717, 1.165) is 24.2 Å². The lowest BCUT2D eigenvalue weighted by Gasteiger charge is -2.10. The van der Waals surface area contributed by atoms with Gasteiger partial charge in [-0.2, -0.15) is 0 Å². The Balaban J connectivity index is 2.13. The van der Waals surface area contributed by atoms with E-state index in [2.05, 4.69) is 0 Å². The van der Waals surface area contributed by atoms with E-state index >= 15 is 0 Å². The molecule has 0 amide bonds. The number of ether oxygens (including phenoxy) is 2. The van der Waals surface area contributed by atoms with Gasteiger partial charge < -0.3 is 19.7 Å². The molecule has 0 spiro atoms. The van der Waals surface area contributed by atoms with Gasteiger partial charge in [0.15, 0.2) is 0 Å². The van der Waals surface area contributed by atoms with Crippen LogP contribution < -0.4 is 4.74 Å². The molecule has 0 saturated carbocycles. The zero-order chi connectivity index (χ0) is 13.2. The first kappa shape index (κ1) is 15.0. The fourth-order valence-corrected chi connectivity index (χ4v) is 1.63. The lowest BCUT2D eigenvalue weighted by molar-refractivity contribution is 0.0976. The molecule has 0 aliphatic carbocycles. The quantitative estimate of drug-likeness (QED) is 0.657. The summed E-state index contributed by atoms with van der Waals surface area (Å²) in [7, 11) is 1.64. The number of aliphatic hydroxyl groups excluding tert-OH is 2. The van der Waals surface area contributed by atoms with Gasteiger partial charge in [0, 0.05) is 25.7 Å². The molecular formula is C14H22O4. The monoisotopic (exact) mass is 254 g/mol. The van der Waals surface area contributed by atoms with Crippen LogP contribution in [0.2, 0.25) is 0 Å².